The van der Waals surface area contributed by atoms with Crippen molar-refractivity contribution in [1.82, 2.24) is 10.2 Å². The summed E-state index contributed by atoms with van der Waals surface area (Å²) < 4.78 is 40.2. The third-order valence-electron chi connectivity index (χ3n) is 6.72. The molecule has 2 N–H and O–H groups in total. The number of amides is 2. The van der Waals surface area contributed by atoms with Crippen molar-refractivity contribution < 1.29 is 18.0 Å². The maximum absolute atomic E-state index is 13.4. The summed E-state index contributed by atoms with van der Waals surface area (Å²) in [5, 5.41) is 5.77. The van der Waals surface area contributed by atoms with Crippen LogP contribution in [0, 0.1) is 0 Å². The van der Waals surface area contributed by atoms with E-state index in [1.807, 2.05) is 43.4 Å². The van der Waals surface area contributed by atoms with E-state index in [2.05, 4.69) is 27.7 Å². The third-order valence-corrected chi connectivity index (χ3v) is 7.19. The van der Waals surface area contributed by atoms with Crippen molar-refractivity contribution in [2.45, 2.75) is 24.4 Å². The van der Waals surface area contributed by atoms with Crippen molar-refractivity contribution in [2.24, 2.45) is 0 Å². The quantitative estimate of drug-likeness (QED) is 0.356. The Hall–Kier alpha value is -2.74. The second-order valence-corrected chi connectivity index (χ2v) is 10.0. The van der Waals surface area contributed by atoms with Crippen LogP contribution in [0.1, 0.15) is 24.0 Å². The number of hydrogen-bond donors (Lipinski definition) is 2. The molecule has 0 unspecified atom stereocenters. The summed E-state index contributed by atoms with van der Waals surface area (Å²) in [6, 6.07) is 18.4. The van der Waals surface area contributed by atoms with Crippen molar-refractivity contribution >= 4 is 34.9 Å². The van der Waals surface area contributed by atoms with E-state index in [1.54, 1.807) is 0 Å². The van der Waals surface area contributed by atoms with E-state index in [4.69, 9.17) is 23.2 Å². The Kier molecular flexibility index (Phi) is 7.83. The first-order chi connectivity index (χ1) is 17.1. The molecular formula is C27H26Cl2F3N3O. The van der Waals surface area contributed by atoms with Crippen LogP contribution in [-0.4, -0.2) is 37.6 Å². The highest BCUT2D eigenvalue weighted by atomic mass is 35.5. The second kappa shape index (κ2) is 10.7. The fourth-order valence-electron chi connectivity index (χ4n) is 4.57. The number of carbonyl (C=O) groups is 1. The number of hydrogen-bond acceptors (Lipinski definition) is 2. The van der Waals surface area contributed by atoms with Gasteiger partial charge in [-0.25, -0.2) is 4.79 Å². The molecule has 1 heterocycles. The van der Waals surface area contributed by atoms with E-state index in [0.29, 0.717) is 5.02 Å². The number of nitrogens with zero attached hydrogens (tertiary/aromatic N) is 1. The third kappa shape index (κ3) is 6.14. The van der Waals surface area contributed by atoms with Gasteiger partial charge in [0.1, 0.15) is 0 Å². The summed E-state index contributed by atoms with van der Waals surface area (Å²) in [5.74, 6) is 0. The fraction of sp³-hybridized carbons (Fsp3) is 0.296. The van der Waals surface area contributed by atoms with Crippen LogP contribution in [0.25, 0.3) is 11.1 Å². The van der Waals surface area contributed by atoms with Crippen molar-refractivity contribution in [2.75, 3.05) is 32.0 Å². The number of benzene rings is 3. The molecule has 0 saturated carbocycles. The molecule has 1 aliphatic rings. The molecular weight excluding hydrogens is 510 g/mol. The van der Waals surface area contributed by atoms with Crippen LogP contribution in [0.4, 0.5) is 23.7 Å². The molecule has 3 aromatic rings. The zero-order valence-electron chi connectivity index (χ0n) is 19.6. The van der Waals surface area contributed by atoms with Crippen molar-refractivity contribution in [3.63, 3.8) is 0 Å². The van der Waals surface area contributed by atoms with Crippen molar-refractivity contribution in [3.05, 3.63) is 87.9 Å². The van der Waals surface area contributed by atoms with E-state index in [1.165, 1.54) is 6.07 Å². The number of rotatable bonds is 5. The highest BCUT2D eigenvalue weighted by molar-refractivity contribution is 6.31. The maximum atomic E-state index is 13.4. The maximum Gasteiger partial charge on any atom is 0.418 e. The van der Waals surface area contributed by atoms with Crippen molar-refractivity contribution in [1.29, 1.82) is 0 Å². The van der Waals surface area contributed by atoms with E-state index >= 15 is 0 Å². The molecule has 0 spiro atoms. The van der Waals surface area contributed by atoms with Crippen LogP contribution >= 0.6 is 23.2 Å². The van der Waals surface area contributed by atoms with Gasteiger partial charge in [-0.1, -0.05) is 59.6 Å². The molecule has 0 aliphatic carbocycles. The zero-order valence-corrected chi connectivity index (χ0v) is 21.1. The first-order valence-corrected chi connectivity index (χ1v) is 12.3. The number of alkyl halides is 3. The van der Waals surface area contributed by atoms with E-state index < -0.39 is 17.8 Å². The number of urea groups is 1. The van der Waals surface area contributed by atoms with Crippen molar-refractivity contribution in [3.8, 4) is 11.1 Å². The predicted octanol–water partition coefficient (Wildman–Crippen LogP) is 7.46. The molecule has 36 heavy (non-hydrogen) atoms. The van der Waals surface area contributed by atoms with Crippen LogP contribution in [0.5, 0.6) is 0 Å². The molecule has 9 heteroatoms. The molecule has 0 aromatic heterocycles. The Bertz CT molecular complexity index is 1220. The molecule has 190 valence electrons. The molecule has 4 rings (SSSR count). The molecule has 1 fully saturated rings. The molecule has 2 amide bonds. The van der Waals surface area contributed by atoms with Gasteiger partial charge in [0.2, 0.25) is 0 Å². The summed E-state index contributed by atoms with van der Waals surface area (Å²) in [6.07, 6.45) is -3.04. The molecule has 0 radical (unpaired) electrons. The summed E-state index contributed by atoms with van der Waals surface area (Å²) in [7, 11) is 2.05. The average Bonchev–Trinajstić information content (AvgIpc) is 2.84. The van der Waals surface area contributed by atoms with Gasteiger partial charge >= 0.3 is 12.2 Å². The molecule has 1 aliphatic heterocycles. The lowest BCUT2D eigenvalue weighted by atomic mass is 9.72. The standard InChI is InChI=1S/C27H26Cl2F3N3O/c1-35-13-11-26(12-14-35,20-7-5-18(6-8-20)19-3-2-4-21(28)15-19)17-33-25(36)34-24-10-9-22(29)16-23(24)27(30,31)32/h2-10,15-16H,11-14,17H2,1H3,(H2,33,34,36). The minimum Gasteiger partial charge on any atom is -0.337 e. The monoisotopic (exact) mass is 535 g/mol. The Labute approximate surface area is 218 Å². The Morgan fingerprint density at radius 3 is 2.25 bits per heavy atom. The first kappa shape index (κ1) is 26.3. The van der Waals surface area contributed by atoms with Crippen LogP contribution in [0.3, 0.4) is 0 Å². The molecule has 3 aromatic carbocycles. The van der Waals surface area contributed by atoms with Gasteiger partial charge in [-0.3, -0.25) is 0 Å². The van der Waals surface area contributed by atoms with Crippen LogP contribution in [-0.2, 0) is 11.6 Å². The van der Waals surface area contributed by atoms with Crippen LogP contribution in [0.15, 0.2) is 66.7 Å². The largest absolute Gasteiger partial charge is 0.418 e. The van der Waals surface area contributed by atoms with Gasteiger partial charge in [-0.05, 0) is 80.0 Å². The van der Waals surface area contributed by atoms with Gasteiger partial charge in [0.25, 0.3) is 0 Å². The normalized spacial score (nSPS) is 15.9. The summed E-state index contributed by atoms with van der Waals surface area (Å²) in [4.78, 5) is 14.9. The van der Waals surface area contributed by atoms with Crippen LogP contribution < -0.4 is 10.6 Å². The smallest absolute Gasteiger partial charge is 0.337 e. The van der Waals surface area contributed by atoms with Gasteiger partial charge in [0, 0.05) is 22.0 Å². The zero-order chi connectivity index (χ0) is 25.9. The Morgan fingerprint density at radius 1 is 0.944 bits per heavy atom. The van der Waals surface area contributed by atoms with Crippen LogP contribution in [0.2, 0.25) is 10.0 Å². The summed E-state index contributed by atoms with van der Waals surface area (Å²) in [5.41, 5.74) is 1.43. The van der Waals surface area contributed by atoms with Gasteiger partial charge < -0.3 is 15.5 Å². The second-order valence-electron chi connectivity index (χ2n) is 9.17. The molecule has 0 bridgehead atoms. The van der Waals surface area contributed by atoms with Gasteiger partial charge in [-0.2, -0.15) is 13.2 Å². The Balaban J connectivity index is 1.52. The molecule has 1 saturated heterocycles. The predicted molar refractivity (Wildman–Crippen MR) is 139 cm³/mol. The number of anilines is 1. The highest BCUT2D eigenvalue weighted by Crippen LogP contribution is 2.38. The SMILES string of the molecule is CN1CCC(CNC(=O)Nc2ccc(Cl)cc2C(F)(F)F)(c2ccc(-c3cccc(Cl)c3)cc2)CC1. The minimum atomic E-state index is -4.65. The molecule has 4 nitrogen and oxygen atoms in total. The lowest BCUT2D eigenvalue weighted by Crippen LogP contribution is -2.48. The topological polar surface area (TPSA) is 44.4 Å². The first-order valence-electron chi connectivity index (χ1n) is 11.5. The van der Waals surface area contributed by atoms with E-state index in [0.717, 1.165) is 54.8 Å². The average molecular weight is 536 g/mol. The number of piperidine rings is 1. The molecule has 0 atom stereocenters. The van der Waals surface area contributed by atoms with Gasteiger partial charge in [-0.15, -0.1) is 0 Å². The number of nitrogens with one attached hydrogen (secondary N) is 2. The lowest BCUT2D eigenvalue weighted by molar-refractivity contribution is -0.136. The van der Waals surface area contributed by atoms with Gasteiger partial charge in [0.15, 0.2) is 0 Å². The van der Waals surface area contributed by atoms with E-state index in [-0.39, 0.29) is 22.7 Å². The highest BCUT2D eigenvalue weighted by Gasteiger charge is 2.37. The Morgan fingerprint density at radius 2 is 1.61 bits per heavy atom. The van der Waals surface area contributed by atoms with E-state index in [9.17, 15) is 18.0 Å². The fourth-order valence-corrected chi connectivity index (χ4v) is 4.94. The summed E-state index contributed by atoms with van der Waals surface area (Å²) >= 11 is 11.9. The summed E-state index contributed by atoms with van der Waals surface area (Å²) in [6.45, 7) is 1.97. The number of halogens is 5. The van der Waals surface area contributed by atoms with Gasteiger partial charge in [0.05, 0.1) is 11.3 Å². The number of carbonyl (C=O) groups excluding carboxylic acids is 1. The minimum absolute atomic E-state index is 0.0558. The lowest BCUT2D eigenvalue weighted by Gasteiger charge is -2.41. The number of likely N-dealkylation sites (tertiary alicyclic amines) is 1.